The van der Waals surface area contributed by atoms with Crippen LogP contribution in [0.4, 0.5) is 5.95 Å². The molecule has 2 heterocycles. The summed E-state index contributed by atoms with van der Waals surface area (Å²) in [6, 6.07) is 9.35. The quantitative estimate of drug-likeness (QED) is 0.766. The van der Waals surface area contributed by atoms with Crippen molar-refractivity contribution in [1.82, 2.24) is 14.9 Å². The highest BCUT2D eigenvalue weighted by Gasteiger charge is 2.28. The molecule has 3 rings (SSSR count). The van der Waals surface area contributed by atoms with E-state index < -0.39 is 6.10 Å². The van der Waals surface area contributed by atoms with E-state index in [-0.39, 0.29) is 5.91 Å². The van der Waals surface area contributed by atoms with Gasteiger partial charge in [0.2, 0.25) is 5.95 Å². The van der Waals surface area contributed by atoms with Crippen molar-refractivity contribution in [2.75, 3.05) is 31.1 Å². The summed E-state index contributed by atoms with van der Waals surface area (Å²) in [7, 11) is 0. The summed E-state index contributed by atoms with van der Waals surface area (Å²) in [5.74, 6) is 1.46. The van der Waals surface area contributed by atoms with Crippen LogP contribution in [0, 0.1) is 0 Å². The van der Waals surface area contributed by atoms with E-state index in [9.17, 15) is 4.79 Å². The Kier molecular flexibility index (Phi) is 5.86. The molecule has 1 saturated heterocycles. The molecular weight excluding hydrogens is 384 g/mol. The van der Waals surface area contributed by atoms with Gasteiger partial charge in [0.25, 0.3) is 5.91 Å². The standard InChI is InChI=1S/C18H21BrN4O2/c1-2-16(25-15-6-4-14(19)5-7-15)17(24)22-10-12-23(13-11-22)18-20-8-3-9-21-18/h3-9,16H,2,10-13H2,1H3/t16-/m0/s1. The first-order valence-corrected chi connectivity index (χ1v) is 9.19. The Morgan fingerprint density at radius 3 is 2.40 bits per heavy atom. The van der Waals surface area contributed by atoms with Gasteiger partial charge in [0.15, 0.2) is 6.10 Å². The monoisotopic (exact) mass is 404 g/mol. The van der Waals surface area contributed by atoms with Crippen molar-refractivity contribution in [3.8, 4) is 5.75 Å². The molecule has 1 fully saturated rings. The van der Waals surface area contributed by atoms with Gasteiger partial charge in [-0.15, -0.1) is 0 Å². The lowest BCUT2D eigenvalue weighted by atomic mass is 10.2. The van der Waals surface area contributed by atoms with Gasteiger partial charge in [-0.3, -0.25) is 4.79 Å². The van der Waals surface area contributed by atoms with Crippen LogP contribution in [0.1, 0.15) is 13.3 Å². The third-order valence-corrected chi connectivity index (χ3v) is 4.69. The molecule has 0 saturated carbocycles. The molecule has 6 nitrogen and oxygen atoms in total. The lowest BCUT2D eigenvalue weighted by Gasteiger charge is -2.36. The third-order valence-electron chi connectivity index (χ3n) is 4.16. The largest absolute Gasteiger partial charge is 0.481 e. The highest BCUT2D eigenvalue weighted by atomic mass is 79.9. The third kappa shape index (κ3) is 4.48. The fraction of sp³-hybridized carbons (Fsp3) is 0.389. The van der Waals surface area contributed by atoms with Crippen molar-refractivity contribution in [3.63, 3.8) is 0 Å². The molecule has 1 aromatic heterocycles. The molecule has 1 aromatic carbocycles. The van der Waals surface area contributed by atoms with Gasteiger partial charge in [0.05, 0.1) is 0 Å². The number of ether oxygens (including phenoxy) is 1. The molecule has 2 aromatic rings. The minimum absolute atomic E-state index is 0.0408. The number of rotatable bonds is 5. The van der Waals surface area contributed by atoms with E-state index in [4.69, 9.17) is 4.74 Å². The van der Waals surface area contributed by atoms with E-state index in [1.165, 1.54) is 0 Å². The molecule has 0 radical (unpaired) electrons. The first-order chi connectivity index (χ1) is 12.2. The van der Waals surface area contributed by atoms with Gasteiger partial charge in [-0.05, 0) is 36.8 Å². The fourth-order valence-electron chi connectivity index (χ4n) is 2.77. The molecule has 1 atom stereocenters. The number of carbonyl (C=O) groups excluding carboxylic acids is 1. The highest BCUT2D eigenvalue weighted by molar-refractivity contribution is 9.10. The molecule has 1 amide bonds. The summed E-state index contributed by atoms with van der Waals surface area (Å²) in [6.07, 6.45) is 3.65. The topological polar surface area (TPSA) is 58.6 Å². The zero-order chi connectivity index (χ0) is 17.6. The SMILES string of the molecule is CC[C@H](Oc1ccc(Br)cc1)C(=O)N1CCN(c2ncccn2)CC1. The highest BCUT2D eigenvalue weighted by Crippen LogP contribution is 2.19. The molecule has 0 unspecified atom stereocenters. The van der Waals surface area contributed by atoms with Crippen LogP contribution in [0.3, 0.4) is 0 Å². The number of carbonyl (C=O) groups is 1. The van der Waals surface area contributed by atoms with Crippen LogP contribution in [-0.2, 0) is 4.79 Å². The van der Waals surface area contributed by atoms with Crippen LogP contribution in [0.25, 0.3) is 0 Å². The first-order valence-electron chi connectivity index (χ1n) is 8.40. The molecule has 0 aliphatic carbocycles. The van der Waals surface area contributed by atoms with Crippen molar-refractivity contribution < 1.29 is 9.53 Å². The number of nitrogens with zero attached hydrogens (tertiary/aromatic N) is 4. The van der Waals surface area contributed by atoms with E-state index in [2.05, 4.69) is 30.8 Å². The van der Waals surface area contributed by atoms with Gasteiger partial charge in [0.1, 0.15) is 5.75 Å². The molecular formula is C18H21BrN4O2. The van der Waals surface area contributed by atoms with Gasteiger partial charge >= 0.3 is 0 Å². The molecule has 132 valence electrons. The molecule has 1 aliphatic rings. The average molecular weight is 405 g/mol. The summed E-state index contributed by atoms with van der Waals surface area (Å²) in [5.41, 5.74) is 0. The van der Waals surface area contributed by atoms with E-state index in [0.717, 1.165) is 17.6 Å². The molecule has 25 heavy (non-hydrogen) atoms. The Morgan fingerprint density at radius 2 is 1.80 bits per heavy atom. The Hall–Kier alpha value is -2.15. The smallest absolute Gasteiger partial charge is 0.263 e. The van der Waals surface area contributed by atoms with Gasteiger partial charge in [-0.25, -0.2) is 9.97 Å². The van der Waals surface area contributed by atoms with E-state index in [0.29, 0.717) is 31.2 Å². The molecule has 7 heteroatoms. The molecule has 0 N–H and O–H groups in total. The van der Waals surface area contributed by atoms with Crippen molar-refractivity contribution in [3.05, 3.63) is 47.2 Å². The summed E-state index contributed by atoms with van der Waals surface area (Å²) in [4.78, 5) is 25.3. The summed E-state index contributed by atoms with van der Waals surface area (Å²) in [5, 5.41) is 0. The molecule has 0 spiro atoms. The minimum Gasteiger partial charge on any atom is -0.481 e. The van der Waals surface area contributed by atoms with Crippen LogP contribution in [-0.4, -0.2) is 53.1 Å². The van der Waals surface area contributed by atoms with Crippen LogP contribution in [0.2, 0.25) is 0 Å². The predicted molar refractivity (Wildman–Crippen MR) is 99.7 cm³/mol. The van der Waals surface area contributed by atoms with Crippen molar-refractivity contribution in [1.29, 1.82) is 0 Å². The van der Waals surface area contributed by atoms with Crippen LogP contribution in [0.15, 0.2) is 47.2 Å². The summed E-state index contributed by atoms with van der Waals surface area (Å²) in [6.45, 7) is 4.72. The summed E-state index contributed by atoms with van der Waals surface area (Å²) < 4.78 is 6.88. The number of piperazine rings is 1. The number of aromatic nitrogens is 2. The maximum Gasteiger partial charge on any atom is 0.263 e. The van der Waals surface area contributed by atoms with Crippen LogP contribution in [0.5, 0.6) is 5.75 Å². The Morgan fingerprint density at radius 1 is 1.16 bits per heavy atom. The van der Waals surface area contributed by atoms with Gasteiger partial charge in [-0.2, -0.15) is 0 Å². The van der Waals surface area contributed by atoms with Gasteiger partial charge < -0.3 is 14.5 Å². The zero-order valence-corrected chi connectivity index (χ0v) is 15.7. The first kappa shape index (κ1) is 17.7. The summed E-state index contributed by atoms with van der Waals surface area (Å²) >= 11 is 3.40. The lowest BCUT2D eigenvalue weighted by molar-refractivity contribution is -0.139. The minimum atomic E-state index is -0.458. The second-order valence-electron chi connectivity index (χ2n) is 5.83. The van der Waals surface area contributed by atoms with Crippen molar-refractivity contribution in [2.45, 2.75) is 19.4 Å². The van der Waals surface area contributed by atoms with Gasteiger partial charge in [0, 0.05) is 43.0 Å². The maximum atomic E-state index is 12.8. The fourth-order valence-corrected chi connectivity index (χ4v) is 3.04. The number of hydrogen-bond donors (Lipinski definition) is 0. The van der Waals surface area contributed by atoms with E-state index in [1.54, 1.807) is 18.5 Å². The Balaban J connectivity index is 1.57. The Bertz CT molecular complexity index is 688. The van der Waals surface area contributed by atoms with Crippen LogP contribution < -0.4 is 9.64 Å². The normalized spacial score (nSPS) is 15.8. The van der Waals surface area contributed by atoms with Crippen molar-refractivity contribution in [2.24, 2.45) is 0 Å². The van der Waals surface area contributed by atoms with Crippen LogP contribution >= 0.6 is 15.9 Å². The maximum absolute atomic E-state index is 12.8. The zero-order valence-electron chi connectivity index (χ0n) is 14.1. The number of amides is 1. The number of hydrogen-bond acceptors (Lipinski definition) is 5. The number of halogens is 1. The van der Waals surface area contributed by atoms with E-state index in [1.807, 2.05) is 36.1 Å². The molecule has 1 aliphatic heterocycles. The second-order valence-corrected chi connectivity index (χ2v) is 6.75. The second kappa shape index (κ2) is 8.29. The number of benzene rings is 1. The van der Waals surface area contributed by atoms with Gasteiger partial charge in [-0.1, -0.05) is 22.9 Å². The average Bonchev–Trinajstić information content (AvgIpc) is 2.68. The van der Waals surface area contributed by atoms with E-state index >= 15 is 0 Å². The molecule has 0 bridgehead atoms. The van der Waals surface area contributed by atoms with Crippen molar-refractivity contribution >= 4 is 27.8 Å². The number of anilines is 1. The predicted octanol–water partition coefficient (Wildman–Crippen LogP) is 2.75. The lowest BCUT2D eigenvalue weighted by Crippen LogP contribution is -2.52. The Labute approximate surface area is 156 Å².